The lowest BCUT2D eigenvalue weighted by Crippen LogP contribution is -2.37. The van der Waals surface area contributed by atoms with Crippen LogP contribution < -0.4 is 10.2 Å². The molecule has 3 aromatic heterocycles. The van der Waals surface area contributed by atoms with Crippen LogP contribution in [0.5, 0.6) is 0 Å². The molecule has 6 rings (SSSR count). The molecular weight excluding hydrogens is 394 g/mol. The highest BCUT2D eigenvalue weighted by molar-refractivity contribution is 7.26. The van der Waals surface area contributed by atoms with Gasteiger partial charge in [0.25, 0.3) is 0 Å². The Morgan fingerprint density at radius 2 is 1.77 bits per heavy atom. The van der Waals surface area contributed by atoms with E-state index >= 15 is 0 Å². The number of nitrogens with zero attached hydrogens (tertiary/aromatic N) is 4. The SMILES string of the molecule is c1nc(NC2CCCCC2)c2sc3nc(N4CCOCC4)c4c(c3c2n1)CCCC4. The molecule has 1 aliphatic heterocycles. The van der Waals surface area contributed by atoms with E-state index in [1.165, 1.54) is 72.0 Å². The van der Waals surface area contributed by atoms with Gasteiger partial charge < -0.3 is 15.0 Å². The number of hydrogen-bond donors (Lipinski definition) is 1. The zero-order chi connectivity index (χ0) is 19.9. The number of anilines is 2. The van der Waals surface area contributed by atoms with Crippen LogP contribution in [0.2, 0.25) is 0 Å². The largest absolute Gasteiger partial charge is 0.378 e. The number of rotatable bonds is 3. The van der Waals surface area contributed by atoms with Crippen LogP contribution in [0.25, 0.3) is 20.4 Å². The molecule has 30 heavy (non-hydrogen) atoms. The molecule has 0 amide bonds. The van der Waals surface area contributed by atoms with E-state index in [0.29, 0.717) is 6.04 Å². The van der Waals surface area contributed by atoms with Crippen LogP contribution in [-0.2, 0) is 17.6 Å². The minimum atomic E-state index is 0.535. The number of aromatic nitrogens is 3. The summed E-state index contributed by atoms with van der Waals surface area (Å²) in [4.78, 5) is 18.2. The van der Waals surface area contributed by atoms with E-state index in [9.17, 15) is 0 Å². The average molecular weight is 424 g/mol. The van der Waals surface area contributed by atoms with Gasteiger partial charge in [-0.05, 0) is 49.7 Å². The number of morpholine rings is 1. The first-order valence-corrected chi connectivity index (χ1v) is 12.4. The van der Waals surface area contributed by atoms with Gasteiger partial charge in [0.2, 0.25) is 0 Å². The Labute approximate surface area is 181 Å². The van der Waals surface area contributed by atoms with E-state index in [0.717, 1.165) is 55.3 Å². The van der Waals surface area contributed by atoms with Crippen molar-refractivity contribution >= 4 is 43.4 Å². The van der Waals surface area contributed by atoms with Crippen molar-refractivity contribution in [1.82, 2.24) is 15.0 Å². The minimum Gasteiger partial charge on any atom is -0.378 e. The predicted molar refractivity (Wildman–Crippen MR) is 123 cm³/mol. The second-order valence-corrected chi connectivity index (χ2v) is 9.86. The Kier molecular flexibility index (Phi) is 4.96. The van der Waals surface area contributed by atoms with Gasteiger partial charge in [-0.1, -0.05) is 19.3 Å². The Hall–Kier alpha value is -1.99. The quantitative estimate of drug-likeness (QED) is 0.659. The van der Waals surface area contributed by atoms with Crippen molar-refractivity contribution < 1.29 is 4.74 Å². The monoisotopic (exact) mass is 423 g/mol. The predicted octanol–water partition coefficient (Wildman–Crippen LogP) is 4.70. The number of aryl methyl sites for hydroxylation is 1. The molecule has 158 valence electrons. The maximum Gasteiger partial charge on any atom is 0.147 e. The van der Waals surface area contributed by atoms with Crippen molar-refractivity contribution in [2.24, 2.45) is 0 Å². The lowest BCUT2D eigenvalue weighted by molar-refractivity contribution is 0.122. The summed E-state index contributed by atoms with van der Waals surface area (Å²) < 4.78 is 6.77. The molecule has 2 aliphatic carbocycles. The number of thiophene rings is 1. The molecule has 0 atom stereocenters. The maximum absolute atomic E-state index is 5.60. The summed E-state index contributed by atoms with van der Waals surface area (Å²) in [5, 5.41) is 5.04. The number of nitrogens with one attached hydrogen (secondary N) is 1. The molecule has 6 nitrogen and oxygen atoms in total. The Bertz CT molecular complexity index is 1070. The van der Waals surface area contributed by atoms with Crippen molar-refractivity contribution in [3.05, 3.63) is 17.5 Å². The van der Waals surface area contributed by atoms with E-state index in [4.69, 9.17) is 14.7 Å². The minimum absolute atomic E-state index is 0.535. The molecule has 3 aromatic rings. The Morgan fingerprint density at radius 1 is 0.967 bits per heavy atom. The molecule has 1 saturated heterocycles. The summed E-state index contributed by atoms with van der Waals surface area (Å²) in [7, 11) is 0. The normalized spacial score (nSPS) is 20.6. The molecule has 0 bridgehead atoms. The van der Waals surface area contributed by atoms with Gasteiger partial charge in [-0.2, -0.15) is 0 Å². The fourth-order valence-corrected chi connectivity index (χ4v) is 6.53. The van der Waals surface area contributed by atoms with Crippen LogP contribution in [0, 0.1) is 0 Å². The molecule has 1 N–H and O–H groups in total. The first-order valence-electron chi connectivity index (χ1n) is 11.6. The van der Waals surface area contributed by atoms with Crippen LogP contribution >= 0.6 is 11.3 Å². The summed E-state index contributed by atoms with van der Waals surface area (Å²) in [5.41, 5.74) is 4.04. The average Bonchev–Trinajstić information content (AvgIpc) is 3.20. The fourth-order valence-electron chi connectivity index (χ4n) is 5.42. The van der Waals surface area contributed by atoms with Crippen molar-refractivity contribution in [2.45, 2.75) is 63.8 Å². The summed E-state index contributed by atoms with van der Waals surface area (Å²) in [6.45, 7) is 3.46. The van der Waals surface area contributed by atoms with Crippen LogP contribution in [0.15, 0.2) is 6.33 Å². The number of pyridine rings is 1. The van der Waals surface area contributed by atoms with Gasteiger partial charge in [0.05, 0.1) is 23.4 Å². The zero-order valence-corrected chi connectivity index (χ0v) is 18.3. The summed E-state index contributed by atoms with van der Waals surface area (Å²) in [5.74, 6) is 2.20. The first kappa shape index (κ1) is 18.8. The molecule has 3 aliphatic rings. The summed E-state index contributed by atoms with van der Waals surface area (Å²) in [6, 6.07) is 0.535. The first-order chi connectivity index (χ1) is 14.9. The Balaban J connectivity index is 1.49. The molecule has 2 fully saturated rings. The van der Waals surface area contributed by atoms with Gasteiger partial charge >= 0.3 is 0 Å². The van der Waals surface area contributed by atoms with Gasteiger partial charge in [0.1, 0.15) is 22.8 Å². The highest BCUT2D eigenvalue weighted by Gasteiger charge is 2.26. The van der Waals surface area contributed by atoms with E-state index in [-0.39, 0.29) is 0 Å². The van der Waals surface area contributed by atoms with E-state index in [1.807, 2.05) is 0 Å². The van der Waals surface area contributed by atoms with Crippen molar-refractivity contribution in [3.8, 4) is 0 Å². The van der Waals surface area contributed by atoms with Crippen LogP contribution in [0.4, 0.5) is 11.6 Å². The molecule has 0 unspecified atom stereocenters. The van der Waals surface area contributed by atoms with Crippen LogP contribution in [0.1, 0.15) is 56.1 Å². The molecule has 7 heteroatoms. The smallest absolute Gasteiger partial charge is 0.147 e. The second-order valence-electron chi connectivity index (χ2n) is 8.86. The van der Waals surface area contributed by atoms with Gasteiger partial charge in [0.15, 0.2) is 0 Å². The molecule has 0 radical (unpaired) electrons. The highest BCUT2D eigenvalue weighted by Crippen LogP contribution is 2.43. The van der Waals surface area contributed by atoms with Gasteiger partial charge in [-0.3, -0.25) is 0 Å². The fraction of sp³-hybridized carbons (Fsp3) is 0.609. The molecule has 0 spiro atoms. The third-order valence-corrected chi connectivity index (χ3v) is 8.04. The number of fused-ring (bicyclic) bond motifs is 5. The van der Waals surface area contributed by atoms with E-state index < -0.39 is 0 Å². The maximum atomic E-state index is 5.60. The number of ether oxygens (including phenoxy) is 1. The van der Waals surface area contributed by atoms with Crippen molar-refractivity contribution in [2.75, 3.05) is 36.5 Å². The Morgan fingerprint density at radius 3 is 2.60 bits per heavy atom. The second kappa shape index (κ2) is 7.93. The lowest BCUT2D eigenvalue weighted by atomic mass is 9.90. The third kappa shape index (κ3) is 3.23. The van der Waals surface area contributed by atoms with Gasteiger partial charge in [-0.15, -0.1) is 11.3 Å². The number of hydrogen-bond acceptors (Lipinski definition) is 7. The van der Waals surface area contributed by atoms with Crippen molar-refractivity contribution in [1.29, 1.82) is 0 Å². The van der Waals surface area contributed by atoms with Crippen LogP contribution in [-0.4, -0.2) is 47.3 Å². The van der Waals surface area contributed by atoms with Gasteiger partial charge in [-0.25, -0.2) is 15.0 Å². The summed E-state index contributed by atoms with van der Waals surface area (Å²) in [6.07, 6.45) is 13.0. The molecule has 0 aromatic carbocycles. The molecule has 4 heterocycles. The van der Waals surface area contributed by atoms with Crippen molar-refractivity contribution in [3.63, 3.8) is 0 Å². The standard InChI is InChI=1S/C23H29N5OS/c1-2-6-15(7-3-1)26-21-20-19(24-14-25-21)18-16-8-4-5-9-17(16)22(27-23(18)30-20)28-10-12-29-13-11-28/h14-15H,1-13H2,(H,24,25,26). The molecule has 1 saturated carbocycles. The molecular formula is C23H29N5OS. The van der Waals surface area contributed by atoms with Gasteiger partial charge in [0, 0.05) is 24.5 Å². The van der Waals surface area contributed by atoms with Crippen LogP contribution in [0.3, 0.4) is 0 Å². The lowest BCUT2D eigenvalue weighted by Gasteiger charge is -2.31. The van der Waals surface area contributed by atoms with E-state index in [1.54, 1.807) is 17.7 Å². The highest BCUT2D eigenvalue weighted by atomic mass is 32.1. The van der Waals surface area contributed by atoms with E-state index in [2.05, 4.69) is 15.2 Å². The topological polar surface area (TPSA) is 63.2 Å². The third-order valence-electron chi connectivity index (χ3n) is 6.96. The zero-order valence-electron chi connectivity index (χ0n) is 17.5. The summed E-state index contributed by atoms with van der Waals surface area (Å²) >= 11 is 1.77.